The standard InChI is InChI=1S/C19H14FN3O2/c1-12(24)15-8-7-14(20)9-17(15)23-19(25)16-10-21-11-22-18(16)13-5-3-2-4-6-13/h2-11H,1H3,(H,23,25). The molecule has 0 unspecified atom stereocenters. The third-order valence-electron chi connectivity index (χ3n) is 3.61. The Labute approximate surface area is 143 Å². The van der Waals surface area contributed by atoms with Crippen LogP contribution in [0.1, 0.15) is 27.6 Å². The lowest BCUT2D eigenvalue weighted by atomic mass is 10.1. The van der Waals surface area contributed by atoms with Crippen LogP contribution in [0.15, 0.2) is 61.1 Å². The van der Waals surface area contributed by atoms with Crippen molar-refractivity contribution in [2.75, 3.05) is 5.32 Å². The van der Waals surface area contributed by atoms with E-state index in [1.54, 1.807) is 0 Å². The first-order valence-electron chi connectivity index (χ1n) is 7.53. The Morgan fingerprint density at radius 1 is 1.04 bits per heavy atom. The summed E-state index contributed by atoms with van der Waals surface area (Å²) in [5.74, 6) is -1.34. The zero-order valence-electron chi connectivity index (χ0n) is 13.4. The van der Waals surface area contributed by atoms with Crippen molar-refractivity contribution in [1.82, 2.24) is 9.97 Å². The van der Waals surface area contributed by atoms with E-state index >= 15 is 0 Å². The van der Waals surface area contributed by atoms with Gasteiger partial charge in [0.25, 0.3) is 5.91 Å². The normalized spacial score (nSPS) is 10.3. The van der Waals surface area contributed by atoms with Crippen LogP contribution in [0.4, 0.5) is 10.1 Å². The highest BCUT2D eigenvalue weighted by molar-refractivity contribution is 6.11. The fourth-order valence-corrected chi connectivity index (χ4v) is 2.44. The zero-order chi connectivity index (χ0) is 17.8. The summed E-state index contributed by atoms with van der Waals surface area (Å²) < 4.78 is 13.5. The summed E-state index contributed by atoms with van der Waals surface area (Å²) in [5, 5.41) is 2.58. The molecule has 1 heterocycles. The zero-order valence-corrected chi connectivity index (χ0v) is 13.4. The molecule has 0 aliphatic carbocycles. The van der Waals surface area contributed by atoms with E-state index in [1.807, 2.05) is 30.3 Å². The number of carbonyl (C=O) groups excluding carboxylic acids is 2. The maximum absolute atomic E-state index is 13.5. The third-order valence-corrected chi connectivity index (χ3v) is 3.61. The highest BCUT2D eigenvalue weighted by Crippen LogP contribution is 2.23. The number of halogens is 1. The molecule has 5 nitrogen and oxygen atoms in total. The highest BCUT2D eigenvalue weighted by Gasteiger charge is 2.17. The van der Waals surface area contributed by atoms with Crippen LogP contribution in [0, 0.1) is 5.82 Å². The molecular weight excluding hydrogens is 321 g/mol. The number of anilines is 1. The van der Waals surface area contributed by atoms with Gasteiger partial charge in [0.2, 0.25) is 0 Å². The number of nitrogens with zero attached hydrogens (tertiary/aromatic N) is 2. The molecule has 25 heavy (non-hydrogen) atoms. The van der Waals surface area contributed by atoms with E-state index in [9.17, 15) is 14.0 Å². The topological polar surface area (TPSA) is 72.0 Å². The summed E-state index contributed by atoms with van der Waals surface area (Å²) in [6.45, 7) is 1.35. The number of amides is 1. The second kappa shape index (κ2) is 7.00. The van der Waals surface area contributed by atoms with Gasteiger partial charge >= 0.3 is 0 Å². The number of nitrogens with one attached hydrogen (secondary N) is 1. The average molecular weight is 335 g/mol. The van der Waals surface area contributed by atoms with Crippen LogP contribution in [0.3, 0.4) is 0 Å². The molecule has 0 aliphatic heterocycles. The molecule has 3 aromatic rings. The van der Waals surface area contributed by atoms with E-state index in [0.717, 1.165) is 11.6 Å². The van der Waals surface area contributed by atoms with Crippen molar-refractivity contribution in [3.63, 3.8) is 0 Å². The van der Waals surface area contributed by atoms with Crippen LogP contribution in [0.5, 0.6) is 0 Å². The maximum atomic E-state index is 13.5. The minimum absolute atomic E-state index is 0.111. The Kier molecular flexibility index (Phi) is 4.61. The Hall–Kier alpha value is -3.41. The molecular formula is C19H14FN3O2. The van der Waals surface area contributed by atoms with Gasteiger partial charge in [-0.05, 0) is 25.1 Å². The summed E-state index contributed by atoms with van der Waals surface area (Å²) in [6, 6.07) is 12.8. The summed E-state index contributed by atoms with van der Waals surface area (Å²) in [5.41, 5.74) is 1.77. The number of Topliss-reactive ketones (excluding diaryl/α,β-unsaturated/α-hetero) is 1. The van der Waals surface area contributed by atoms with Crippen molar-refractivity contribution in [3.05, 3.63) is 78.0 Å². The van der Waals surface area contributed by atoms with Crippen LogP contribution in [0.2, 0.25) is 0 Å². The van der Waals surface area contributed by atoms with E-state index in [-0.39, 0.29) is 22.6 Å². The number of rotatable bonds is 4. The molecule has 0 saturated carbocycles. The minimum Gasteiger partial charge on any atom is -0.321 e. The monoisotopic (exact) mass is 335 g/mol. The fourth-order valence-electron chi connectivity index (χ4n) is 2.44. The number of benzene rings is 2. The molecule has 0 spiro atoms. The van der Waals surface area contributed by atoms with Gasteiger partial charge in [0, 0.05) is 17.3 Å². The second-order valence-corrected chi connectivity index (χ2v) is 5.35. The Morgan fingerprint density at radius 2 is 1.80 bits per heavy atom. The largest absolute Gasteiger partial charge is 0.321 e. The van der Waals surface area contributed by atoms with Gasteiger partial charge in [-0.1, -0.05) is 30.3 Å². The molecule has 1 N–H and O–H groups in total. The maximum Gasteiger partial charge on any atom is 0.259 e. The molecule has 0 bridgehead atoms. The van der Waals surface area contributed by atoms with Crippen LogP contribution in [-0.4, -0.2) is 21.7 Å². The smallest absolute Gasteiger partial charge is 0.259 e. The van der Waals surface area contributed by atoms with E-state index in [1.165, 1.54) is 31.6 Å². The van der Waals surface area contributed by atoms with E-state index < -0.39 is 11.7 Å². The third kappa shape index (κ3) is 3.58. The van der Waals surface area contributed by atoms with Crippen LogP contribution < -0.4 is 5.32 Å². The Bertz CT molecular complexity index is 942. The van der Waals surface area contributed by atoms with Crippen molar-refractivity contribution in [2.45, 2.75) is 6.92 Å². The molecule has 3 rings (SSSR count). The van der Waals surface area contributed by atoms with Gasteiger partial charge < -0.3 is 5.32 Å². The molecule has 0 saturated heterocycles. The SMILES string of the molecule is CC(=O)c1ccc(F)cc1NC(=O)c1cncnc1-c1ccccc1. The summed E-state index contributed by atoms with van der Waals surface area (Å²) in [7, 11) is 0. The molecule has 124 valence electrons. The van der Waals surface area contributed by atoms with Crippen LogP contribution in [0.25, 0.3) is 11.3 Å². The van der Waals surface area contributed by atoms with Crippen molar-refractivity contribution < 1.29 is 14.0 Å². The van der Waals surface area contributed by atoms with Crippen molar-refractivity contribution in [2.24, 2.45) is 0 Å². The lowest BCUT2D eigenvalue weighted by Crippen LogP contribution is -2.16. The van der Waals surface area contributed by atoms with Gasteiger partial charge in [0.1, 0.15) is 12.1 Å². The highest BCUT2D eigenvalue weighted by atomic mass is 19.1. The van der Waals surface area contributed by atoms with Gasteiger partial charge in [0.15, 0.2) is 5.78 Å². The summed E-state index contributed by atoms with van der Waals surface area (Å²) in [6.07, 6.45) is 2.74. The number of ketones is 1. The van der Waals surface area contributed by atoms with Gasteiger partial charge in [-0.25, -0.2) is 14.4 Å². The Balaban J connectivity index is 1.99. The quantitative estimate of drug-likeness (QED) is 0.737. The first-order valence-corrected chi connectivity index (χ1v) is 7.53. The van der Waals surface area contributed by atoms with E-state index in [2.05, 4.69) is 15.3 Å². The van der Waals surface area contributed by atoms with Gasteiger partial charge in [0.05, 0.1) is 16.9 Å². The van der Waals surface area contributed by atoms with E-state index in [4.69, 9.17) is 0 Å². The Morgan fingerprint density at radius 3 is 2.52 bits per heavy atom. The van der Waals surface area contributed by atoms with Gasteiger partial charge in [-0.15, -0.1) is 0 Å². The molecule has 1 amide bonds. The summed E-state index contributed by atoms with van der Waals surface area (Å²) >= 11 is 0. The van der Waals surface area contributed by atoms with Gasteiger partial charge in [-0.2, -0.15) is 0 Å². The molecule has 1 aromatic heterocycles. The number of aromatic nitrogens is 2. The number of carbonyl (C=O) groups is 2. The molecule has 2 aromatic carbocycles. The molecule has 0 aliphatic rings. The second-order valence-electron chi connectivity index (χ2n) is 5.35. The number of hydrogen-bond acceptors (Lipinski definition) is 4. The predicted molar refractivity (Wildman–Crippen MR) is 91.8 cm³/mol. The fraction of sp³-hybridized carbons (Fsp3) is 0.0526. The molecule has 0 fully saturated rings. The molecule has 0 atom stereocenters. The lowest BCUT2D eigenvalue weighted by Gasteiger charge is -2.11. The lowest BCUT2D eigenvalue weighted by molar-refractivity contribution is 0.101. The molecule has 0 radical (unpaired) electrons. The first-order chi connectivity index (χ1) is 12.1. The number of hydrogen-bond donors (Lipinski definition) is 1. The minimum atomic E-state index is -0.548. The van der Waals surface area contributed by atoms with Crippen molar-refractivity contribution in [1.29, 1.82) is 0 Å². The average Bonchev–Trinajstić information content (AvgIpc) is 2.62. The van der Waals surface area contributed by atoms with E-state index in [0.29, 0.717) is 5.69 Å². The van der Waals surface area contributed by atoms with Crippen molar-refractivity contribution >= 4 is 17.4 Å². The van der Waals surface area contributed by atoms with Crippen molar-refractivity contribution in [3.8, 4) is 11.3 Å². The molecule has 6 heteroatoms. The first kappa shape index (κ1) is 16.4. The van der Waals surface area contributed by atoms with Crippen LogP contribution in [-0.2, 0) is 0 Å². The summed E-state index contributed by atoms with van der Waals surface area (Å²) in [4.78, 5) is 32.4. The van der Waals surface area contributed by atoms with Gasteiger partial charge in [-0.3, -0.25) is 9.59 Å². The predicted octanol–water partition coefficient (Wildman–Crippen LogP) is 3.74. The van der Waals surface area contributed by atoms with Crippen LogP contribution >= 0.6 is 0 Å².